The summed E-state index contributed by atoms with van der Waals surface area (Å²) in [5.74, 6) is 0. The van der Waals surface area contributed by atoms with Gasteiger partial charge in [0, 0.05) is 33.5 Å². The van der Waals surface area contributed by atoms with Gasteiger partial charge in [0.25, 0.3) is 0 Å². The quantitative estimate of drug-likeness (QED) is 0.141. The van der Waals surface area contributed by atoms with Crippen molar-refractivity contribution in [1.82, 2.24) is 0 Å². The van der Waals surface area contributed by atoms with E-state index >= 15 is 0 Å². The molecule has 0 spiro atoms. The van der Waals surface area contributed by atoms with Crippen molar-refractivity contribution in [3.05, 3.63) is 121 Å². The van der Waals surface area contributed by atoms with E-state index in [-0.39, 0.29) is 0 Å². The van der Waals surface area contributed by atoms with E-state index in [1.807, 2.05) is 121 Å². The molecule has 4 rings (SSSR count). The van der Waals surface area contributed by atoms with Crippen LogP contribution in [0.1, 0.15) is 0 Å². The molecule has 204 valence electrons. The largest absolute Gasteiger partial charge is 0.379 e. The molecule has 0 atom stereocenters. The smallest absolute Gasteiger partial charge is 0.145 e. The third-order valence-corrected chi connectivity index (χ3v) is 12.7. The van der Waals surface area contributed by atoms with E-state index in [4.69, 9.17) is 14.2 Å². The van der Waals surface area contributed by atoms with Crippen LogP contribution in [0.2, 0.25) is 0 Å². The van der Waals surface area contributed by atoms with Gasteiger partial charge in [0.05, 0.1) is 39.6 Å². The van der Waals surface area contributed by atoms with Crippen molar-refractivity contribution in [3.8, 4) is 0 Å². The van der Waals surface area contributed by atoms with Gasteiger partial charge in [-0.15, -0.1) is 0 Å². The van der Waals surface area contributed by atoms with Crippen molar-refractivity contribution in [3.63, 3.8) is 0 Å². The summed E-state index contributed by atoms with van der Waals surface area (Å²) in [6.07, 6.45) is 0.875. The van der Waals surface area contributed by atoms with Crippen molar-refractivity contribution in [2.45, 2.75) is 0 Å². The fraction of sp³-hybridized carbons (Fsp3) is 0.250. The first-order valence-electron chi connectivity index (χ1n) is 13.3. The summed E-state index contributed by atoms with van der Waals surface area (Å²) >= 11 is 0. The van der Waals surface area contributed by atoms with Crippen molar-refractivity contribution >= 4 is 35.5 Å². The van der Waals surface area contributed by atoms with Crippen LogP contribution in [0.5, 0.6) is 0 Å². The predicted octanol–water partition coefficient (Wildman–Crippen LogP) is 5.06. The van der Waals surface area contributed by atoms with Crippen LogP contribution in [-0.4, -0.2) is 52.0 Å². The molecule has 39 heavy (non-hydrogen) atoms. The van der Waals surface area contributed by atoms with Gasteiger partial charge in [-0.2, -0.15) is 0 Å². The summed E-state index contributed by atoms with van der Waals surface area (Å²) < 4.78 is 45.1. The lowest BCUT2D eigenvalue weighted by atomic mass is 10.4. The maximum Gasteiger partial charge on any atom is 0.145 e. The van der Waals surface area contributed by atoms with Crippen LogP contribution in [0, 0.1) is 0 Å². The molecule has 0 amide bonds. The maximum atomic E-state index is 14.0. The van der Waals surface area contributed by atoms with Gasteiger partial charge in [-0.25, -0.2) is 0 Å². The zero-order valence-electron chi connectivity index (χ0n) is 22.1. The van der Waals surface area contributed by atoms with Gasteiger partial charge in [-0.1, -0.05) is 121 Å². The minimum atomic E-state index is -2.77. The molecule has 4 aromatic carbocycles. The van der Waals surface area contributed by atoms with Gasteiger partial charge in [-0.05, 0) is 0 Å². The van der Waals surface area contributed by atoms with Crippen molar-refractivity contribution < 1.29 is 23.3 Å². The third kappa shape index (κ3) is 8.11. The van der Waals surface area contributed by atoms with Crippen molar-refractivity contribution in [2.24, 2.45) is 0 Å². The Hall–Kier alpha value is -2.78. The summed E-state index contributed by atoms with van der Waals surface area (Å²) in [6.45, 7) is 2.46. The fourth-order valence-electron chi connectivity index (χ4n) is 4.42. The lowest BCUT2D eigenvalue weighted by Crippen LogP contribution is -2.21. The van der Waals surface area contributed by atoms with E-state index < -0.39 is 14.3 Å². The highest BCUT2D eigenvalue weighted by Gasteiger charge is 2.27. The van der Waals surface area contributed by atoms with E-state index in [2.05, 4.69) is 0 Å². The zero-order valence-corrected chi connectivity index (χ0v) is 23.9. The molecule has 0 aliphatic carbocycles. The minimum absolute atomic E-state index is 0.384. The number of ether oxygens (including phenoxy) is 3. The molecule has 5 nitrogen and oxygen atoms in total. The maximum absolute atomic E-state index is 14.0. The average Bonchev–Trinajstić information content (AvgIpc) is 3.01. The first-order chi connectivity index (χ1) is 19.1. The van der Waals surface area contributed by atoms with Gasteiger partial charge in [-0.3, -0.25) is 0 Å². The summed E-state index contributed by atoms with van der Waals surface area (Å²) in [4.78, 5) is 0. The van der Waals surface area contributed by atoms with Crippen LogP contribution in [0.15, 0.2) is 121 Å². The Labute approximate surface area is 231 Å². The number of benzene rings is 4. The molecule has 0 heterocycles. The molecule has 4 aromatic rings. The zero-order chi connectivity index (χ0) is 27.2. The molecule has 0 saturated carbocycles. The summed E-state index contributed by atoms with van der Waals surface area (Å²) in [6, 6.07) is 38.5. The van der Waals surface area contributed by atoms with E-state index in [9.17, 15) is 9.13 Å². The second-order valence-corrected chi connectivity index (χ2v) is 15.0. The average molecular weight is 563 g/mol. The van der Waals surface area contributed by atoms with E-state index in [0.29, 0.717) is 52.0 Å². The Morgan fingerprint density at radius 1 is 0.359 bits per heavy atom. The molecule has 0 aliphatic rings. The fourth-order valence-corrected chi connectivity index (χ4v) is 9.43. The Morgan fingerprint density at radius 3 is 0.846 bits per heavy atom. The first kappa shape index (κ1) is 29.2. The monoisotopic (exact) mass is 562 g/mol. The molecule has 0 aromatic heterocycles. The standard InChI is InChI=1S/C32H36O5P2/c33-38(29-13-5-1-6-14-29,30-15-7-2-8-16-30)27-25-36-23-21-35-22-24-37-26-28-39(34,31-17-9-3-10-18-31)32-19-11-4-12-20-32/h1-20H,21-28H2. The van der Waals surface area contributed by atoms with Gasteiger partial charge in [0.2, 0.25) is 0 Å². The van der Waals surface area contributed by atoms with Gasteiger partial charge >= 0.3 is 0 Å². The van der Waals surface area contributed by atoms with Gasteiger partial charge < -0.3 is 23.3 Å². The highest BCUT2D eigenvalue weighted by Crippen LogP contribution is 2.43. The number of hydrogen-bond donors (Lipinski definition) is 0. The molecular weight excluding hydrogens is 526 g/mol. The lowest BCUT2D eigenvalue weighted by Gasteiger charge is -2.19. The molecular formula is C32H36O5P2. The second kappa shape index (κ2) is 15.1. The van der Waals surface area contributed by atoms with E-state index in [1.165, 1.54) is 0 Å². The molecule has 0 unspecified atom stereocenters. The Balaban J connectivity index is 1.15. The Bertz CT molecular complexity index is 1140. The molecule has 0 fully saturated rings. The summed E-state index contributed by atoms with van der Waals surface area (Å²) in [7, 11) is -5.53. The van der Waals surface area contributed by atoms with Crippen LogP contribution < -0.4 is 21.2 Å². The van der Waals surface area contributed by atoms with Crippen LogP contribution in [0.4, 0.5) is 0 Å². The molecule has 0 bridgehead atoms. The number of rotatable bonds is 16. The Morgan fingerprint density at radius 2 is 0.590 bits per heavy atom. The van der Waals surface area contributed by atoms with Crippen molar-refractivity contribution in [2.75, 3.05) is 52.0 Å². The normalized spacial score (nSPS) is 11.9. The number of hydrogen-bond acceptors (Lipinski definition) is 5. The molecule has 7 heteroatoms. The van der Waals surface area contributed by atoms with E-state index in [1.54, 1.807) is 0 Å². The van der Waals surface area contributed by atoms with Crippen LogP contribution in [0.3, 0.4) is 0 Å². The predicted molar refractivity (Wildman–Crippen MR) is 162 cm³/mol. The molecule has 0 radical (unpaired) electrons. The highest BCUT2D eigenvalue weighted by molar-refractivity contribution is 7.79. The SMILES string of the molecule is O=P(CCOCCOCCOCCP(=O)(c1ccccc1)c1ccccc1)(c1ccccc1)c1ccccc1. The highest BCUT2D eigenvalue weighted by atomic mass is 31.2. The van der Waals surface area contributed by atoms with Crippen LogP contribution >= 0.6 is 14.3 Å². The topological polar surface area (TPSA) is 61.8 Å². The summed E-state index contributed by atoms with van der Waals surface area (Å²) in [5.41, 5.74) is 0. The second-order valence-electron chi connectivity index (χ2n) is 9.11. The van der Waals surface area contributed by atoms with Crippen LogP contribution in [-0.2, 0) is 23.3 Å². The summed E-state index contributed by atoms with van der Waals surface area (Å²) in [5, 5.41) is 3.38. The van der Waals surface area contributed by atoms with Crippen LogP contribution in [0.25, 0.3) is 0 Å². The van der Waals surface area contributed by atoms with Gasteiger partial charge in [0.15, 0.2) is 0 Å². The van der Waals surface area contributed by atoms with Crippen molar-refractivity contribution in [1.29, 1.82) is 0 Å². The third-order valence-electron chi connectivity index (χ3n) is 6.54. The minimum Gasteiger partial charge on any atom is -0.379 e. The molecule has 0 aliphatic heterocycles. The first-order valence-corrected chi connectivity index (χ1v) is 17.1. The van der Waals surface area contributed by atoms with E-state index in [0.717, 1.165) is 21.2 Å². The van der Waals surface area contributed by atoms with Gasteiger partial charge in [0.1, 0.15) is 14.3 Å². The lowest BCUT2D eigenvalue weighted by molar-refractivity contribution is 0.0202. The molecule has 0 N–H and O–H groups in total. The molecule has 0 saturated heterocycles. The Kier molecular flexibility index (Phi) is 11.3.